The minimum Gasteiger partial charge on any atom is -0.384 e. The summed E-state index contributed by atoms with van der Waals surface area (Å²) >= 11 is 0. The van der Waals surface area contributed by atoms with Crippen molar-refractivity contribution in [1.82, 2.24) is 0 Å². The predicted octanol–water partition coefficient (Wildman–Crippen LogP) is 15.8. The van der Waals surface area contributed by atoms with Gasteiger partial charge in [-0.15, -0.1) is 0 Å². The van der Waals surface area contributed by atoms with Crippen LogP contribution in [0.1, 0.15) is 235 Å². The Bertz CT molecular complexity index is 1450. The van der Waals surface area contributed by atoms with E-state index in [1.165, 1.54) is 153 Å². The van der Waals surface area contributed by atoms with Crippen molar-refractivity contribution in [2.24, 2.45) is 94.7 Å². The molecule has 5 nitrogen and oxygen atoms in total. The van der Waals surface area contributed by atoms with Gasteiger partial charge in [0, 0.05) is 63.1 Å². The quantitative estimate of drug-likeness (QED) is 0.227. The number of carbonyl (C=O) groups is 4. The summed E-state index contributed by atoms with van der Waals surface area (Å²) < 4.78 is 5.23. The van der Waals surface area contributed by atoms with E-state index in [2.05, 4.69) is 55.0 Å². The van der Waals surface area contributed by atoms with Gasteiger partial charge in [-0.1, -0.05) is 98.6 Å². The summed E-state index contributed by atoms with van der Waals surface area (Å²) in [5, 5.41) is 0. The lowest BCUT2D eigenvalue weighted by Crippen LogP contribution is -2.32. The van der Waals surface area contributed by atoms with Gasteiger partial charge in [0.15, 0.2) is 0 Å². The van der Waals surface area contributed by atoms with Gasteiger partial charge >= 0.3 is 0 Å². The first kappa shape index (κ1) is 54.3. The maximum atomic E-state index is 12.2. The lowest BCUT2D eigenvalue weighted by atomic mass is 9.68. The van der Waals surface area contributed by atoms with Crippen molar-refractivity contribution in [3.8, 4) is 0 Å². The van der Waals surface area contributed by atoms with Crippen molar-refractivity contribution in [2.45, 2.75) is 235 Å². The standard InChI is InChI=1S/C16H26O.C15H26O2.C15H26O.C14H24O/c1-11(2)14-8-9-15(16(17)10-14)13-6-4-12(3)5-7-13;1-11-3-8-14(15(16)9-11)13-6-4-12(5-7-13)10-17-2;1-3-12-6-9-14(15(16)10-12)13-7-4-11(2)5-8-13;1-10-3-6-12(7-4-10)13-8-5-11(2)9-14(13)15/h12-15H,1,4-10H2,2-3H3;11-14H,3-10H2,1-2H3;11-14H,3-10H2,1-2H3;10-13H,3-9H2,1-2H3. The molecule has 0 aromatic carbocycles. The van der Waals surface area contributed by atoms with Gasteiger partial charge in [-0.2, -0.15) is 0 Å². The lowest BCUT2D eigenvalue weighted by molar-refractivity contribution is -0.129. The third-order valence-corrected chi connectivity index (χ3v) is 19.4. The van der Waals surface area contributed by atoms with Crippen LogP contribution in [-0.2, 0) is 23.9 Å². The second kappa shape index (κ2) is 27.5. The predicted molar refractivity (Wildman–Crippen MR) is 270 cm³/mol. The Labute approximate surface area is 400 Å². The summed E-state index contributed by atoms with van der Waals surface area (Å²) in [5.74, 6) is 12.7. The molecule has 0 aromatic rings. The molecule has 8 aliphatic carbocycles. The van der Waals surface area contributed by atoms with E-state index in [0.29, 0.717) is 82.3 Å². The number of hydrogen-bond acceptors (Lipinski definition) is 5. The first-order chi connectivity index (χ1) is 31.1. The normalized spacial score (nSPS) is 40.5. The molecular formula is C60H102O5. The number of hydrogen-bond donors (Lipinski definition) is 0. The van der Waals surface area contributed by atoms with Crippen molar-refractivity contribution in [2.75, 3.05) is 13.7 Å². The van der Waals surface area contributed by atoms with E-state index in [0.717, 1.165) is 80.6 Å². The SMILES string of the molecule is C=C(C)C1CCC(C2CCC(C)CC2)C(=O)C1.CC1CCC(C2CCC(C)CC2=O)CC1.CCC1CCC(C2CCC(C)CC2)C(=O)C1.COCC1CCC(C2CCC(C)CC2=O)CC1. The topological polar surface area (TPSA) is 77.5 Å². The zero-order chi connectivity index (χ0) is 47.0. The van der Waals surface area contributed by atoms with E-state index in [1.807, 2.05) is 0 Å². The summed E-state index contributed by atoms with van der Waals surface area (Å²) in [6, 6.07) is 0. The highest BCUT2D eigenvalue weighted by molar-refractivity contribution is 5.83. The highest BCUT2D eigenvalue weighted by Crippen LogP contribution is 2.44. The second-order valence-electron chi connectivity index (χ2n) is 24.7. The Morgan fingerprint density at radius 1 is 0.415 bits per heavy atom. The monoisotopic (exact) mass is 903 g/mol. The number of methoxy groups -OCH3 is 1. The maximum absolute atomic E-state index is 12.2. The van der Waals surface area contributed by atoms with Crippen LogP contribution in [-0.4, -0.2) is 36.8 Å². The van der Waals surface area contributed by atoms with E-state index < -0.39 is 0 Å². The summed E-state index contributed by atoms with van der Waals surface area (Å²) in [7, 11) is 1.79. The highest BCUT2D eigenvalue weighted by atomic mass is 16.5. The van der Waals surface area contributed by atoms with Crippen LogP contribution in [0.4, 0.5) is 0 Å². The zero-order valence-corrected chi connectivity index (χ0v) is 43.7. The number of allylic oxidation sites excluding steroid dienone is 1. The molecule has 0 heterocycles. The largest absolute Gasteiger partial charge is 0.384 e. The van der Waals surface area contributed by atoms with Crippen LogP contribution < -0.4 is 0 Å². The zero-order valence-electron chi connectivity index (χ0n) is 43.7. The molecule has 0 amide bonds. The van der Waals surface area contributed by atoms with Crippen molar-refractivity contribution in [3.05, 3.63) is 12.2 Å². The van der Waals surface area contributed by atoms with E-state index in [9.17, 15) is 19.2 Å². The molecule has 5 heteroatoms. The Kier molecular flexibility index (Phi) is 23.0. The van der Waals surface area contributed by atoms with Crippen LogP contribution in [0.3, 0.4) is 0 Å². The Morgan fingerprint density at radius 3 is 1.05 bits per heavy atom. The molecule has 65 heavy (non-hydrogen) atoms. The Hall–Kier alpha value is -1.62. The fourth-order valence-corrected chi connectivity index (χ4v) is 14.4. The first-order valence-electron chi connectivity index (χ1n) is 28.4. The number of carbonyl (C=O) groups excluding carboxylic acids is 4. The molecule has 8 atom stereocenters. The molecule has 8 unspecified atom stereocenters. The fraction of sp³-hybridized carbons (Fsp3) is 0.900. The minimum atomic E-state index is 0.387. The molecule has 8 fully saturated rings. The van der Waals surface area contributed by atoms with Gasteiger partial charge in [0.25, 0.3) is 0 Å². The third kappa shape index (κ3) is 17.1. The van der Waals surface area contributed by atoms with Crippen molar-refractivity contribution < 1.29 is 23.9 Å². The average molecular weight is 903 g/mol. The van der Waals surface area contributed by atoms with Crippen LogP contribution in [0.2, 0.25) is 0 Å². The van der Waals surface area contributed by atoms with Crippen molar-refractivity contribution in [1.29, 1.82) is 0 Å². The van der Waals surface area contributed by atoms with Crippen molar-refractivity contribution in [3.63, 3.8) is 0 Å². The molecule has 0 saturated heterocycles. The van der Waals surface area contributed by atoms with E-state index in [1.54, 1.807) is 7.11 Å². The summed E-state index contributed by atoms with van der Waals surface area (Å²) in [5.41, 5.74) is 1.20. The van der Waals surface area contributed by atoms with Crippen molar-refractivity contribution >= 4 is 23.1 Å². The maximum Gasteiger partial charge on any atom is 0.136 e. The lowest BCUT2D eigenvalue weighted by Gasteiger charge is -2.36. The van der Waals surface area contributed by atoms with Crippen LogP contribution >= 0.6 is 0 Å². The van der Waals surface area contributed by atoms with Crippen LogP contribution in [0.15, 0.2) is 12.2 Å². The van der Waals surface area contributed by atoms with Gasteiger partial charge in [0.05, 0.1) is 0 Å². The number of ketones is 4. The molecular weight excluding hydrogens is 801 g/mol. The number of ether oxygens (including phenoxy) is 1. The molecule has 0 aliphatic heterocycles. The molecule has 372 valence electrons. The van der Waals surface area contributed by atoms with E-state index >= 15 is 0 Å². The van der Waals surface area contributed by atoms with E-state index in [4.69, 9.17) is 4.74 Å². The molecule has 8 rings (SSSR count). The van der Waals surface area contributed by atoms with E-state index in [-0.39, 0.29) is 0 Å². The Morgan fingerprint density at radius 2 is 0.723 bits per heavy atom. The summed E-state index contributed by atoms with van der Waals surface area (Å²) in [4.78, 5) is 48.5. The first-order valence-corrected chi connectivity index (χ1v) is 28.4. The smallest absolute Gasteiger partial charge is 0.136 e. The van der Waals surface area contributed by atoms with Crippen LogP contribution in [0, 0.1) is 94.7 Å². The molecule has 0 aromatic heterocycles. The Balaban J connectivity index is 0.000000163. The van der Waals surface area contributed by atoms with Gasteiger partial charge in [-0.05, 0) is 194 Å². The summed E-state index contributed by atoms with van der Waals surface area (Å²) in [6.07, 6.45) is 35.1. The molecule has 0 N–H and O–H groups in total. The van der Waals surface area contributed by atoms with Gasteiger partial charge in [-0.3, -0.25) is 19.2 Å². The van der Waals surface area contributed by atoms with Gasteiger partial charge in [-0.25, -0.2) is 0 Å². The molecule has 0 bridgehead atoms. The minimum absolute atomic E-state index is 0.387. The van der Waals surface area contributed by atoms with Gasteiger partial charge in [0.1, 0.15) is 23.1 Å². The number of rotatable bonds is 8. The molecule has 0 radical (unpaired) electrons. The van der Waals surface area contributed by atoms with Gasteiger partial charge in [0.2, 0.25) is 0 Å². The van der Waals surface area contributed by atoms with Gasteiger partial charge < -0.3 is 4.74 Å². The summed E-state index contributed by atoms with van der Waals surface area (Å²) in [6.45, 7) is 20.7. The molecule has 8 saturated carbocycles. The average Bonchev–Trinajstić information content (AvgIpc) is 3.29. The number of Topliss-reactive ketones (excluding diaryl/α,β-unsaturated/α-hetero) is 4. The van der Waals surface area contributed by atoms with Crippen LogP contribution in [0.25, 0.3) is 0 Å². The molecule has 8 aliphatic rings. The third-order valence-electron chi connectivity index (χ3n) is 19.4. The molecule has 0 spiro atoms. The highest BCUT2D eigenvalue weighted by Gasteiger charge is 2.38. The second-order valence-corrected chi connectivity index (χ2v) is 24.7. The fourth-order valence-electron chi connectivity index (χ4n) is 14.4. The van der Waals surface area contributed by atoms with Crippen LogP contribution in [0.5, 0.6) is 0 Å².